The van der Waals surface area contributed by atoms with Crippen LogP contribution in [0.15, 0.2) is 79.0 Å². The van der Waals surface area contributed by atoms with E-state index in [4.69, 9.17) is 9.47 Å². The van der Waals surface area contributed by atoms with Gasteiger partial charge in [-0.1, -0.05) is 42.5 Å². The van der Waals surface area contributed by atoms with Gasteiger partial charge in [-0.25, -0.2) is 0 Å². The van der Waals surface area contributed by atoms with Crippen molar-refractivity contribution in [2.24, 2.45) is 0 Å². The molecule has 0 aliphatic rings. The van der Waals surface area contributed by atoms with Gasteiger partial charge in [-0.05, 0) is 47.0 Å². The number of benzene rings is 3. The van der Waals surface area contributed by atoms with E-state index in [0.717, 1.165) is 39.1 Å². The highest BCUT2D eigenvalue weighted by Crippen LogP contribution is 2.31. The summed E-state index contributed by atoms with van der Waals surface area (Å²) in [4.78, 5) is 16.0. The summed E-state index contributed by atoms with van der Waals surface area (Å²) < 4.78 is 10.5. The molecule has 3 aromatic carbocycles. The number of hydrogen-bond acceptors (Lipinski definition) is 3. The minimum Gasteiger partial charge on any atom is -0.497 e. The van der Waals surface area contributed by atoms with E-state index < -0.39 is 0 Å². The molecule has 0 radical (unpaired) electrons. The van der Waals surface area contributed by atoms with E-state index in [-0.39, 0.29) is 11.8 Å². The summed E-state index contributed by atoms with van der Waals surface area (Å²) in [5, 5.41) is 4.28. The number of amides is 1. The smallest absolute Gasteiger partial charge is 0.224 e. The number of carbonyl (C=O) groups is 1. The maximum absolute atomic E-state index is 12.7. The fraction of sp³-hybridized carbons (Fsp3) is 0.192. The molecule has 0 aliphatic heterocycles. The van der Waals surface area contributed by atoms with Gasteiger partial charge in [-0.2, -0.15) is 0 Å². The number of methoxy groups -OCH3 is 2. The van der Waals surface area contributed by atoms with Crippen LogP contribution in [0.2, 0.25) is 0 Å². The summed E-state index contributed by atoms with van der Waals surface area (Å²) in [6, 6.07) is 23.8. The molecule has 31 heavy (non-hydrogen) atoms. The van der Waals surface area contributed by atoms with Crippen molar-refractivity contribution in [1.29, 1.82) is 0 Å². The molecule has 5 heteroatoms. The molecule has 1 atom stereocenters. The Morgan fingerprint density at radius 2 is 1.55 bits per heavy atom. The summed E-state index contributed by atoms with van der Waals surface area (Å²) in [7, 11) is 3.29. The molecular formula is C26H26N2O3. The maximum Gasteiger partial charge on any atom is 0.224 e. The number of fused-ring (bicyclic) bond motifs is 1. The van der Waals surface area contributed by atoms with Crippen molar-refractivity contribution in [2.45, 2.75) is 12.3 Å². The SMILES string of the molecule is COc1ccc(CC(=O)NCC(c2ccc(OC)cc2)c2c[nH]c3ccccc23)cc1. The lowest BCUT2D eigenvalue weighted by molar-refractivity contribution is -0.120. The molecule has 4 rings (SSSR count). The van der Waals surface area contributed by atoms with Gasteiger partial charge in [-0.15, -0.1) is 0 Å². The second-order valence-electron chi connectivity index (χ2n) is 7.44. The number of H-pyrrole nitrogens is 1. The van der Waals surface area contributed by atoms with Crippen LogP contribution in [-0.4, -0.2) is 31.7 Å². The zero-order valence-corrected chi connectivity index (χ0v) is 17.7. The minimum absolute atomic E-state index is 0.0106. The zero-order chi connectivity index (χ0) is 21.6. The Morgan fingerprint density at radius 1 is 0.903 bits per heavy atom. The van der Waals surface area contributed by atoms with Crippen LogP contribution in [0.1, 0.15) is 22.6 Å². The van der Waals surface area contributed by atoms with Crippen LogP contribution in [0, 0.1) is 0 Å². The third kappa shape index (κ3) is 4.72. The molecule has 0 fully saturated rings. The number of rotatable bonds is 8. The highest BCUT2D eigenvalue weighted by molar-refractivity contribution is 5.84. The Kier molecular flexibility index (Phi) is 6.22. The van der Waals surface area contributed by atoms with Gasteiger partial charge in [0.1, 0.15) is 11.5 Å². The Morgan fingerprint density at radius 3 is 2.23 bits per heavy atom. The average molecular weight is 415 g/mol. The fourth-order valence-electron chi connectivity index (χ4n) is 3.83. The zero-order valence-electron chi connectivity index (χ0n) is 17.7. The third-order valence-electron chi connectivity index (χ3n) is 5.54. The van der Waals surface area contributed by atoms with Crippen LogP contribution < -0.4 is 14.8 Å². The molecule has 158 valence electrons. The van der Waals surface area contributed by atoms with Gasteiger partial charge in [0.05, 0.1) is 20.6 Å². The molecule has 0 bridgehead atoms. The molecule has 1 heterocycles. The average Bonchev–Trinajstić information content (AvgIpc) is 3.24. The Balaban J connectivity index is 1.54. The first-order valence-corrected chi connectivity index (χ1v) is 10.3. The van der Waals surface area contributed by atoms with Crippen molar-refractivity contribution in [3.63, 3.8) is 0 Å². The van der Waals surface area contributed by atoms with Crippen molar-refractivity contribution in [2.75, 3.05) is 20.8 Å². The monoisotopic (exact) mass is 414 g/mol. The Hall–Kier alpha value is -3.73. The van der Waals surface area contributed by atoms with Crippen molar-refractivity contribution in [1.82, 2.24) is 10.3 Å². The largest absolute Gasteiger partial charge is 0.497 e. The lowest BCUT2D eigenvalue weighted by Crippen LogP contribution is -2.30. The van der Waals surface area contributed by atoms with E-state index in [1.807, 2.05) is 54.7 Å². The number of ether oxygens (including phenoxy) is 2. The minimum atomic E-state index is -0.0106. The molecule has 0 aliphatic carbocycles. The quantitative estimate of drug-likeness (QED) is 0.440. The van der Waals surface area contributed by atoms with Crippen LogP contribution >= 0.6 is 0 Å². The van der Waals surface area contributed by atoms with E-state index in [2.05, 4.69) is 34.6 Å². The molecule has 5 nitrogen and oxygen atoms in total. The van der Waals surface area contributed by atoms with Crippen molar-refractivity contribution in [3.8, 4) is 11.5 Å². The highest BCUT2D eigenvalue weighted by atomic mass is 16.5. The summed E-state index contributed by atoms with van der Waals surface area (Å²) in [5.74, 6) is 1.60. The topological polar surface area (TPSA) is 63.4 Å². The second kappa shape index (κ2) is 9.39. The van der Waals surface area contributed by atoms with Gasteiger partial charge in [0.2, 0.25) is 5.91 Å². The van der Waals surface area contributed by atoms with Gasteiger partial charge in [0.15, 0.2) is 0 Å². The van der Waals surface area contributed by atoms with E-state index in [0.29, 0.717) is 13.0 Å². The van der Waals surface area contributed by atoms with Crippen LogP contribution in [-0.2, 0) is 11.2 Å². The standard InChI is InChI=1S/C26H26N2O3/c1-30-20-11-7-18(8-12-20)15-26(29)28-16-23(19-9-13-21(31-2)14-10-19)24-17-27-25-6-4-3-5-22(24)25/h3-14,17,23,27H,15-16H2,1-2H3,(H,28,29). The predicted octanol–water partition coefficient (Wildman–Crippen LogP) is 4.68. The summed E-state index contributed by atoms with van der Waals surface area (Å²) >= 11 is 0. The van der Waals surface area contributed by atoms with Gasteiger partial charge in [0.25, 0.3) is 0 Å². The first-order chi connectivity index (χ1) is 15.2. The molecule has 1 unspecified atom stereocenters. The van der Waals surface area contributed by atoms with E-state index in [1.165, 1.54) is 0 Å². The Bertz CT molecular complexity index is 1150. The van der Waals surface area contributed by atoms with Crippen molar-refractivity contribution >= 4 is 16.8 Å². The van der Waals surface area contributed by atoms with E-state index >= 15 is 0 Å². The number of nitrogens with one attached hydrogen (secondary N) is 2. The second-order valence-corrected chi connectivity index (χ2v) is 7.44. The molecule has 4 aromatic rings. The summed E-state index contributed by atoms with van der Waals surface area (Å²) in [6.45, 7) is 0.503. The summed E-state index contributed by atoms with van der Waals surface area (Å²) in [6.07, 6.45) is 2.36. The van der Waals surface area contributed by atoms with Crippen LogP contribution in [0.4, 0.5) is 0 Å². The van der Waals surface area contributed by atoms with Crippen LogP contribution in [0.5, 0.6) is 11.5 Å². The summed E-state index contributed by atoms with van der Waals surface area (Å²) in [5.41, 5.74) is 4.31. The fourth-order valence-corrected chi connectivity index (χ4v) is 3.83. The maximum atomic E-state index is 12.7. The number of aromatic nitrogens is 1. The molecule has 0 spiro atoms. The number of aromatic amines is 1. The first-order valence-electron chi connectivity index (χ1n) is 10.3. The van der Waals surface area contributed by atoms with Crippen LogP contribution in [0.3, 0.4) is 0 Å². The molecular weight excluding hydrogens is 388 g/mol. The third-order valence-corrected chi connectivity index (χ3v) is 5.54. The molecule has 0 saturated heterocycles. The number of hydrogen-bond donors (Lipinski definition) is 2. The highest BCUT2D eigenvalue weighted by Gasteiger charge is 2.19. The molecule has 0 saturated carbocycles. The molecule has 1 amide bonds. The molecule has 1 aromatic heterocycles. The Labute approximate surface area is 182 Å². The van der Waals surface area contributed by atoms with Crippen molar-refractivity contribution < 1.29 is 14.3 Å². The molecule has 2 N–H and O–H groups in total. The van der Waals surface area contributed by atoms with Crippen molar-refractivity contribution in [3.05, 3.63) is 95.7 Å². The lowest BCUT2D eigenvalue weighted by Gasteiger charge is -2.19. The van der Waals surface area contributed by atoms with E-state index in [9.17, 15) is 4.79 Å². The van der Waals surface area contributed by atoms with Gasteiger partial charge in [-0.3, -0.25) is 4.79 Å². The predicted molar refractivity (Wildman–Crippen MR) is 123 cm³/mol. The van der Waals surface area contributed by atoms with Crippen LogP contribution in [0.25, 0.3) is 10.9 Å². The number of carbonyl (C=O) groups excluding carboxylic acids is 1. The van der Waals surface area contributed by atoms with Gasteiger partial charge < -0.3 is 19.8 Å². The van der Waals surface area contributed by atoms with E-state index in [1.54, 1.807) is 14.2 Å². The number of para-hydroxylation sites is 1. The lowest BCUT2D eigenvalue weighted by atomic mass is 9.90. The van der Waals surface area contributed by atoms with Gasteiger partial charge >= 0.3 is 0 Å². The first kappa shape index (κ1) is 20.5. The van der Waals surface area contributed by atoms with Gasteiger partial charge in [0, 0.05) is 29.6 Å². The normalized spacial score (nSPS) is 11.8.